The second kappa shape index (κ2) is 6.88. The summed E-state index contributed by atoms with van der Waals surface area (Å²) in [6.45, 7) is 5.61. The Hall–Kier alpha value is -3.54. The largest absolute Gasteiger partial charge is 0.366 e. The third kappa shape index (κ3) is 2.74. The van der Waals surface area contributed by atoms with Crippen molar-refractivity contribution in [3.8, 4) is 0 Å². The highest BCUT2D eigenvalue weighted by atomic mass is 16.1. The molecule has 0 aromatic heterocycles. The van der Waals surface area contributed by atoms with Crippen LogP contribution < -0.4 is 5.73 Å². The summed E-state index contributed by atoms with van der Waals surface area (Å²) in [6, 6.07) is 14.2. The van der Waals surface area contributed by atoms with Crippen LogP contribution in [0.1, 0.15) is 45.7 Å². The summed E-state index contributed by atoms with van der Waals surface area (Å²) >= 11 is 0. The molecular formula is C22H20N4O2. The molecule has 0 unspecified atom stereocenters. The molecule has 0 atom stereocenters. The van der Waals surface area contributed by atoms with E-state index in [0.29, 0.717) is 39.6 Å². The molecule has 0 saturated carbocycles. The number of guanidine groups is 1. The number of hydrogen-bond donors (Lipinski definition) is 1. The zero-order valence-corrected chi connectivity index (χ0v) is 15.8. The number of aliphatic imine (C=N–C) groups is 2. The highest BCUT2D eigenvalue weighted by Crippen LogP contribution is 2.36. The molecule has 6 nitrogen and oxygen atoms in total. The SMILES string of the molecule is CCN(CC)C1=NC2=C(c3cccc(C(N)=O)c3)C(=O)c3ccccc3C2=N1. The number of allylic oxidation sites excluding steroid dienone is 2. The number of amides is 1. The molecule has 0 radical (unpaired) electrons. The van der Waals surface area contributed by atoms with Gasteiger partial charge in [-0.1, -0.05) is 36.4 Å². The number of nitrogens with zero attached hydrogens (tertiary/aromatic N) is 3. The molecule has 1 aliphatic heterocycles. The molecule has 0 saturated heterocycles. The highest BCUT2D eigenvalue weighted by molar-refractivity contribution is 6.43. The van der Waals surface area contributed by atoms with Gasteiger partial charge in [-0.25, -0.2) is 9.98 Å². The fourth-order valence-electron chi connectivity index (χ4n) is 3.57. The number of carbonyl (C=O) groups is 2. The third-order valence-corrected chi connectivity index (χ3v) is 5.02. The number of nitrogens with two attached hydrogens (primary N) is 1. The first kappa shape index (κ1) is 17.9. The van der Waals surface area contributed by atoms with Crippen LogP contribution in [0, 0.1) is 0 Å². The second-order valence-electron chi connectivity index (χ2n) is 6.59. The topological polar surface area (TPSA) is 88.1 Å². The first-order valence-corrected chi connectivity index (χ1v) is 9.26. The van der Waals surface area contributed by atoms with Gasteiger partial charge >= 0.3 is 0 Å². The molecule has 2 aromatic rings. The van der Waals surface area contributed by atoms with Crippen LogP contribution >= 0.6 is 0 Å². The Morgan fingerprint density at radius 3 is 2.39 bits per heavy atom. The molecular weight excluding hydrogens is 352 g/mol. The summed E-state index contributed by atoms with van der Waals surface area (Å²) < 4.78 is 0. The van der Waals surface area contributed by atoms with Crippen molar-refractivity contribution in [1.29, 1.82) is 0 Å². The van der Waals surface area contributed by atoms with Crippen LogP contribution in [-0.2, 0) is 0 Å². The van der Waals surface area contributed by atoms with Gasteiger partial charge in [0.1, 0.15) is 11.4 Å². The van der Waals surface area contributed by atoms with Gasteiger partial charge in [0, 0.05) is 29.8 Å². The van der Waals surface area contributed by atoms with Gasteiger partial charge in [-0.2, -0.15) is 0 Å². The number of primary amides is 1. The summed E-state index contributed by atoms with van der Waals surface area (Å²) in [4.78, 5) is 36.5. The smallest absolute Gasteiger partial charge is 0.248 e. The van der Waals surface area contributed by atoms with E-state index in [2.05, 4.69) is 0 Å². The van der Waals surface area contributed by atoms with Crippen LogP contribution in [0.4, 0.5) is 0 Å². The lowest BCUT2D eigenvalue weighted by molar-refractivity contribution is 0.0998. The maximum Gasteiger partial charge on any atom is 0.248 e. The Morgan fingerprint density at radius 1 is 1.00 bits per heavy atom. The van der Waals surface area contributed by atoms with Gasteiger partial charge in [0.05, 0.1) is 5.57 Å². The summed E-state index contributed by atoms with van der Waals surface area (Å²) in [7, 11) is 0. The molecule has 6 heteroatoms. The van der Waals surface area contributed by atoms with Gasteiger partial charge in [-0.05, 0) is 31.5 Å². The van der Waals surface area contributed by atoms with E-state index in [9.17, 15) is 9.59 Å². The van der Waals surface area contributed by atoms with E-state index in [1.54, 1.807) is 30.3 Å². The zero-order chi connectivity index (χ0) is 19.8. The summed E-state index contributed by atoms with van der Waals surface area (Å²) in [5, 5.41) is 0. The minimum absolute atomic E-state index is 0.129. The van der Waals surface area contributed by atoms with E-state index in [1.807, 2.05) is 36.9 Å². The summed E-state index contributed by atoms with van der Waals surface area (Å²) in [5.74, 6) is -0.0671. The molecule has 1 aliphatic carbocycles. The molecule has 2 aromatic carbocycles. The highest BCUT2D eigenvalue weighted by Gasteiger charge is 2.35. The Morgan fingerprint density at radius 2 is 1.71 bits per heavy atom. The van der Waals surface area contributed by atoms with Crippen LogP contribution in [0.15, 0.2) is 64.2 Å². The van der Waals surface area contributed by atoms with Crippen molar-refractivity contribution in [2.24, 2.45) is 15.7 Å². The lowest BCUT2D eigenvalue weighted by Crippen LogP contribution is -2.28. The quantitative estimate of drug-likeness (QED) is 0.895. The van der Waals surface area contributed by atoms with Crippen LogP contribution in [-0.4, -0.2) is 41.4 Å². The predicted molar refractivity (Wildman–Crippen MR) is 110 cm³/mol. The fourth-order valence-corrected chi connectivity index (χ4v) is 3.57. The Labute approximate surface area is 163 Å². The van der Waals surface area contributed by atoms with E-state index in [0.717, 1.165) is 18.7 Å². The van der Waals surface area contributed by atoms with Crippen molar-refractivity contribution in [2.45, 2.75) is 13.8 Å². The first-order valence-electron chi connectivity index (χ1n) is 9.26. The van der Waals surface area contributed by atoms with E-state index in [-0.39, 0.29) is 5.78 Å². The molecule has 4 rings (SSSR count). The second-order valence-corrected chi connectivity index (χ2v) is 6.59. The van der Waals surface area contributed by atoms with Crippen LogP contribution in [0.2, 0.25) is 0 Å². The molecule has 1 heterocycles. The average Bonchev–Trinajstić information content (AvgIpc) is 3.14. The number of fused-ring (bicyclic) bond motifs is 3. The van der Waals surface area contributed by atoms with Crippen molar-refractivity contribution >= 4 is 28.9 Å². The normalized spacial score (nSPS) is 15.0. The molecule has 28 heavy (non-hydrogen) atoms. The zero-order valence-electron chi connectivity index (χ0n) is 15.8. The Balaban J connectivity index is 1.97. The van der Waals surface area contributed by atoms with E-state index >= 15 is 0 Å². The fraction of sp³-hybridized carbons (Fsp3) is 0.182. The molecule has 0 spiro atoms. The number of ketones is 1. The van der Waals surface area contributed by atoms with Crippen LogP contribution in [0.5, 0.6) is 0 Å². The van der Waals surface area contributed by atoms with Crippen molar-refractivity contribution in [1.82, 2.24) is 4.90 Å². The summed E-state index contributed by atoms with van der Waals surface area (Å²) in [6.07, 6.45) is 0. The van der Waals surface area contributed by atoms with E-state index < -0.39 is 5.91 Å². The number of carbonyl (C=O) groups excluding carboxylic acids is 2. The Bertz CT molecular complexity index is 1090. The van der Waals surface area contributed by atoms with Gasteiger partial charge in [0.25, 0.3) is 0 Å². The molecule has 0 bridgehead atoms. The standard InChI is InChI=1S/C22H20N4O2/c1-3-26(4-2)22-24-18-15-10-5-6-11-16(15)20(27)17(19(18)25-22)13-8-7-9-14(12-13)21(23)28/h5-12H,3-4H2,1-2H3,(H2,23,28). The maximum absolute atomic E-state index is 13.3. The number of benzene rings is 2. The predicted octanol–water partition coefficient (Wildman–Crippen LogP) is 2.89. The number of hydrogen-bond acceptors (Lipinski definition) is 5. The Kier molecular flexibility index (Phi) is 4.39. The lowest BCUT2D eigenvalue weighted by atomic mass is 9.83. The molecule has 2 N–H and O–H groups in total. The van der Waals surface area contributed by atoms with Crippen LogP contribution in [0.3, 0.4) is 0 Å². The van der Waals surface area contributed by atoms with Crippen molar-refractivity contribution in [3.05, 3.63) is 76.5 Å². The average molecular weight is 372 g/mol. The van der Waals surface area contributed by atoms with Gasteiger partial charge in [0.2, 0.25) is 11.9 Å². The van der Waals surface area contributed by atoms with Gasteiger partial charge < -0.3 is 10.6 Å². The first-order chi connectivity index (χ1) is 13.5. The molecule has 1 amide bonds. The van der Waals surface area contributed by atoms with Crippen molar-refractivity contribution in [2.75, 3.05) is 13.1 Å². The third-order valence-electron chi connectivity index (χ3n) is 5.02. The number of Topliss-reactive ketones (excluding diaryl/α,β-unsaturated/α-hetero) is 1. The van der Waals surface area contributed by atoms with Gasteiger partial charge in [-0.15, -0.1) is 0 Å². The maximum atomic E-state index is 13.3. The monoisotopic (exact) mass is 372 g/mol. The summed E-state index contributed by atoms with van der Waals surface area (Å²) in [5.41, 5.74) is 9.44. The van der Waals surface area contributed by atoms with E-state index in [1.165, 1.54) is 0 Å². The number of rotatable bonds is 4. The molecule has 2 aliphatic rings. The van der Waals surface area contributed by atoms with Gasteiger partial charge in [-0.3, -0.25) is 9.59 Å². The van der Waals surface area contributed by atoms with E-state index in [4.69, 9.17) is 15.7 Å². The van der Waals surface area contributed by atoms with Crippen molar-refractivity contribution < 1.29 is 9.59 Å². The van der Waals surface area contributed by atoms with Gasteiger partial charge in [0.15, 0.2) is 5.78 Å². The minimum Gasteiger partial charge on any atom is -0.366 e. The molecule has 140 valence electrons. The van der Waals surface area contributed by atoms with Crippen molar-refractivity contribution in [3.63, 3.8) is 0 Å². The molecule has 0 fully saturated rings. The minimum atomic E-state index is -0.538. The van der Waals surface area contributed by atoms with Crippen LogP contribution in [0.25, 0.3) is 5.57 Å². The lowest BCUT2D eigenvalue weighted by Gasteiger charge is -2.19.